The van der Waals surface area contributed by atoms with Gasteiger partial charge in [0.15, 0.2) is 0 Å². The first-order chi connectivity index (χ1) is 25.7. The van der Waals surface area contributed by atoms with Crippen molar-refractivity contribution in [2.24, 2.45) is 0 Å². The van der Waals surface area contributed by atoms with Gasteiger partial charge in [0, 0.05) is 0 Å². The van der Waals surface area contributed by atoms with Gasteiger partial charge in [-0.1, -0.05) is 176 Å². The topological polar surface area (TPSA) is 0 Å². The van der Waals surface area contributed by atoms with Crippen LogP contribution in [0.5, 0.6) is 0 Å². The summed E-state index contributed by atoms with van der Waals surface area (Å²) >= 11 is 0. The summed E-state index contributed by atoms with van der Waals surface area (Å²) in [6.07, 6.45) is 18.8. The quantitative estimate of drug-likeness (QED) is 0.0662. The van der Waals surface area contributed by atoms with Gasteiger partial charge >= 0.3 is 0 Å². The molecule has 0 atom stereocenters. The van der Waals surface area contributed by atoms with Gasteiger partial charge in [0.1, 0.15) is 0 Å². The lowest BCUT2D eigenvalue weighted by atomic mass is 9.78. The van der Waals surface area contributed by atoms with Gasteiger partial charge < -0.3 is 0 Å². The number of benzene rings is 7. The Morgan fingerprint density at radius 3 is 0.942 bits per heavy atom. The van der Waals surface area contributed by atoms with Crippen LogP contribution >= 0.6 is 0 Å². The number of hydrogen-bond donors (Lipinski definition) is 0. The van der Waals surface area contributed by atoms with Gasteiger partial charge in [-0.15, -0.1) is 0 Å². The molecule has 0 aromatic heterocycles. The fourth-order valence-electron chi connectivity index (χ4n) is 8.94. The Balaban J connectivity index is 1.62. The summed E-state index contributed by atoms with van der Waals surface area (Å²) in [5.41, 5.74) is 10.7. The smallest absolute Gasteiger partial charge is 0.00237 e. The minimum atomic E-state index is 1.15. The Morgan fingerprint density at radius 2 is 0.615 bits per heavy atom. The van der Waals surface area contributed by atoms with Crippen molar-refractivity contribution in [2.75, 3.05) is 0 Å². The average molecular weight is 683 g/mol. The Morgan fingerprint density at radius 1 is 0.308 bits per heavy atom. The summed E-state index contributed by atoms with van der Waals surface area (Å²) < 4.78 is 0. The fraction of sp³-hybridized carbons (Fsp3) is 0.346. The molecule has 7 aromatic rings. The van der Waals surface area contributed by atoms with Crippen LogP contribution in [0.15, 0.2) is 115 Å². The van der Waals surface area contributed by atoms with E-state index in [0.29, 0.717) is 0 Å². The van der Waals surface area contributed by atoms with E-state index >= 15 is 0 Å². The van der Waals surface area contributed by atoms with Crippen LogP contribution in [-0.2, 0) is 19.3 Å². The van der Waals surface area contributed by atoms with E-state index in [4.69, 9.17) is 0 Å². The highest BCUT2D eigenvalue weighted by atomic mass is 14.3. The first-order valence-electron chi connectivity index (χ1n) is 20.7. The highest BCUT2D eigenvalue weighted by molar-refractivity contribution is 6.16. The third kappa shape index (κ3) is 7.54. The van der Waals surface area contributed by atoms with Crippen molar-refractivity contribution >= 4 is 43.1 Å². The molecule has 0 amide bonds. The van der Waals surface area contributed by atoms with E-state index in [1.807, 2.05) is 0 Å². The van der Waals surface area contributed by atoms with E-state index < -0.39 is 0 Å². The van der Waals surface area contributed by atoms with Crippen LogP contribution in [0.25, 0.3) is 65.3 Å². The summed E-state index contributed by atoms with van der Waals surface area (Å²) in [7, 11) is 0. The van der Waals surface area contributed by atoms with Gasteiger partial charge in [-0.05, 0) is 139 Å². The third-order valence-corrected chi connectivity index (χ3v) is 11.6. The van der Waals surface area contributed by atoms with Crippen LogP contribution < -0.4 is 0 Å². The van der Waals surface area contributed by atoms with Crippen LogP contribution in [0.4, 0.5) is 0 Å². The molecule has 7 aromatic carbocycles. The molecule has 0 aliphatic carbocycles. The summed E-state index contributed by atoms with van der Waals surface area (Å²) in [5.74, 6) is 0. The molecule has 0 aliphatic rings. The SMILES string of the molecule is CCCCCCc1c(-c2c3ccccc3cc3ccccc23)cc(-c2c3ccccc3cc3ccccc23)c(CCCCCC)c1CCCCCC. The molecule has 0 unspecified atom stereocenters. The standard InChI is InChI=1S/C52H58/c1-4-7-10-13-32-46-47(33-14-11-8-5-2)49(51-42-28-20-16-24-38(42)35-39-25-17-21-29-43(39)51)37-50(48(46)34-15-12-9-6-3)52-44-30-22-18-26-40(44)36-41-27-19-23-31-45(41)52/h16-31,35-37H,4-15,32-34H2,1-3H3. The maximum Gasteiger partial charge on any atom is -0.00237 e. The molecule has 0 spiro atoms. The zero-order chi connectivity index (χ0) is 35.7. The molecule has 0 fully saturated rings. The summed E-state index contributed by atoms with van der Waals surface area (Å²) in [6, 6.07) is 44.1. The Labute approximate surface area is 313 Å². The van der Waals surface area contributed by atoms with Crippen molar-refractivity contribution in [1.29, 1.82) is 0 Å². The summed E-state index contributed by atoms with van der Waals surface area (Å²) in [5, 5.41) is 10.8. The molecule has 266 valence electrons. The lowest BCUT2D eigenvalue weighted by molar-refractivity contribution is 0.640. The molecule has 0 bridgehead atoms. The molecule has 0 nitrogen and oxygen atoms in total. The lowest BCUT2D eigenvalue weighted by Crippen LogP contribution is -2.08. The van der Waals surface area contributed by atoms with Crippen LogP contribution in [0.2, 0.25) is 0 Å². The van der Waals surface area contributed by atoms with Crippen molar-refractivity contribution in [1.82, 2.24) is 0 Å². The number of fused-ring (bicyclic) bond motifs is 4. The fourth-order valence-corrected chi connectivity index (χ4v) is 8.94. The number of rotatable bonds is 17. The molecule has 0 aliphatic heterocycles. The molecule has 7 rings (SSSR count). The van der Waals surface area contributed by atoms with Crippen molar-refractivity contribution in [3.05, 3.63) is 132 Å². The molecule has 0 heterocycles. The van der Waals surface area contributed by atoms with E-state index in [2.05, 4.69) is 136 Å². The number of unbranched alkanes of at least 4 members (excludes halogenated alkanes) is 9. The maximum absolute atomic E-state index is 2.70. The van der Waals surface area contributed by atoms with Crippen LogP contribution in [0.1, 0.15) is 115 Å². The third-order valence-electron chi connectivity index (χ3n) is 11.6. The second-order valence-electron chi connectivity index (χ2n) is 15.2. The van der Waals surface area contributed by atoms with Crippen LogP contribution in [0, 0.1) is 0 Å². The average Bonchev–Trinajstić information content (AvgIpc) is 3.18. The number of hydrogen-bond acceptors (Lipinski definition) is 0. The predicted molar refractivity (Wildman–Crippen MR) is 231 cm³/mol. The second kappa shape index (κ2) is 17.4. The molecule has 0 heteroatoms. The first-order valence-corrected chi connectivity index (χ1v) is 20.7. The van der Waals surface area contributed by atoms with Gasteiger partial charge in [-0.2, -0.15) is 0 Å². The molecular weight excluding hydrogens is 625 g/mol. The highest BCUT2D eigenvalue weighted by Gasteiger charge is 2.24. The Kier molecular flexibility index (Phi) is 12.0. The minimum Gasteiger partial charge on any atom is -0.0654 e. The molecule has 0 saturated carbocycles. The van der Waals surface area contributed by atoms with E-state index in [-0.39, 0.29) is 0 Å². The monoisotopic (exact) mass is 682 g/mol. The largest absolute Gasteiger partial charge is 0.0654 e. The normalized spacial score (nSPS) is 11.8. The van der Waals surface area contributed by atoms with Crippen LogP contribution in [0.3, 0.4) is 0 Å². The molecule has 52 heavy (non-hydrogen) atoms. The van der Waals surface area contributed by atoms with Crippen molar-refractivity contribution in [3.8, 4) is 22.3 Å². The molecule has 0 radical (unpaired) electrons. The lowest BCUT2D eigenvalue weighted by Gasteiger charge is -2.26. The van der Waals surface area contributed by atoms with Gasteiger partial charge in [-0.3, -0.25) is 0 Å². The van der Waals surface area contributed by atoms with Crippen molar-refractivity contribution < 1.29 is 0 Å². The van der Waals surface area contributed by atoms with E-state index in [1.165, 1.54) is 149 Å². The first kappa shape index (κ1) is 36.0. The van der Waals surface area contributed by atoms with Crippen molar-refractivity contribution in [3.63, 3.8) is 0 Å². The maximum atomic E-state index is 2.70. The second-order valence-corrected chi connectivity index (χ2v) is 15.2. The summed E-state index contributed by atoms with van der Waals surface area (Å²) in [6.45, 7) is 7.02. The minimum absolute atomic E-state index is 1.15. The van der Waals surface area contributed by atoms with Crippen molar-refractivity contribution in [2.45, 2.75) is 117 Å². The van der Waals surface area contributed by atoms with Gasteiger partial charge in [0.2, 0.25) is 0 Å². The van der Waals surface area contributed by atoms with Gasteiger partial charge in [0.25, 0.3) is 0 Å². The van der Waals surface area contributed by atoms with Gasteiger partial charge in [0.05, 0.1) is 0 Å². The van der Waals surface area contributed by atoms with Gasteiger partial charge in [-0.25, -0.2) is 0 Å². The predicted octanol–water partition coefficient (Wildman–Crippen LogP) is 16.0. The zero-order valence-electron chi connectivity index (χ0n) is 32.1. The molecule has 0 saturated heterocycles. The van der Waals surface area contributed by atoms with Crippen LogP contribution in [-0.4, -0.2) is 0 Å². The van der Waals surface area contributed by atoms with E-state index in [0.717, 1.165) is 12.8 Å². The zero-order valence-corrected chi connectivity index (χ0v) is 32.1. The summed E-state index contributed by atoms with van der Waals surface area (Å²) in [4.78, 5) is 0. The molecule has 0 N–H and O–H groups in total. The Hall–Kier alpha value is -4.42. The van der Waals surface area contributed by atoms with E-state index in [1.54, 1.807) is 16.7 Å². The molecular formula is C52H58. The Bertz CT molecular complexity index is 2010. The van der Waals surface area contributed by atoms with E-state index in [9.17, 15) is 0 Å². The highest BCUT2D eigenvalue weighted by Crippen LogP contribution is 2.47.